The Morgan fingerprint density at radius 2 is 1.70 bits per heavy atom. The highest BCUT2D eigenvalue weighted by molar-refractivity contribution is 9.10. The third kappa shape index (κ3) is 3.45. The highest BCUT2D eigenvalue weighted by Gasteiger charge is 2.09. The maximum atomic E-state index is 12.0. The summed E-state index contributed by atoms with van der Waals surface area (Å²) in [5.41, 5.74) is 1.57. The van der Waals surface area contributed by atoms with E-state index in [-0.39, 0.29) is 5.91 Å². The summed E-state index contributed by atoms with van der Waals surface area (Å²) in [5, 5.41) is 2.78. The van der Waals surface area contributed by atoms with Gasteiger partial charge >= 0.3 is 5.97 Å². The van der Waals surface area contributed by atoms with Crippen LogP contribution >= 0.6 is 15.9 Å². The number of amides is 1. The lowest BCUT2D eigenvalue weighted by molar-refractivity contribution is 0.0600. The Hall–Kier alpha value is -2.14. The van der Waals surface area contributed by atoms with Gasteiger partial charge in [-0.05, 0) is 42.5 Å². The number of anilines is 1. The van der Waals surface area contributed by atoms with Gasteiger partial charge in [0.1, 0.15) is 0 Å². The Bertz CT molecular complexity index is 638. The molecule has 4 nitrogen and oxygen atoms in total. The lowest BCUT2D eigenvalue weighted by atomic mass is 10.1. The van der Waals surface area contributed by atoms with E-state index in [2.05, 4.69) is 26.0 Å². The molecule has 2 aromatic rings. The molecule has 102 valence electrons. The molecular weight excluding hydrogens is 322 g/mol. The summed E-state index contributed by atoms with van der Waals surface area (Å²) >= 11 is 3.34. The molecule has 1 amide bonds. The number of methoxy groups -OCH3 is 1. The second kappa shape index (κ2) is 6.34. The number of benzene rings is 2. The third-order valence-electron chi connectivity index (χ3n) is 2.65. The molecule has 2 rings (SSSR count). The second-order valence-electron chi connectivity index (χ2n) is 4.03. The quantitative estimate of drug-likeness (QED) is 0.875. The van der Waals surface area contributed by atoms with Gasteiger partial charge in [-0.15, -0.1) is 0 Å². The minimum atomic E-state index is -0.427. The van der Waals surface area contributed by atoms with E-state index in [0.717, 1.165) is 4.47 Å². The number of nitrogens with one attached hydrogen (secondary N) is 1. The van der Waals surface area contributed by atoms with Gasteiger partial charge in [-0.1, -0.05) is 22.0 Å². The van der Waals surface area contributed by atoms with Gasteiger partial charge in [-0.25, -0.2) is 4.79 Å². The number of hydrogen-bond acceptors (Lipinski definition) is 3. The largest absolute Gasteiger partial charge is 0.465 e. The van der Waals surface area contributed by atoms with Gasteiger partial charge in [-0.2, -0.15) is 0 Å². The van der Waals surface area contributed by atoms with Gasteiger partial charge in [-0.3, -0.25) is 4.79 Å². The molecule has 0 fully saturated rings. The van der Waals surface area contributed by atoms with Gasteiger partial charge in [0.15, 0.2) is 0 Å². The minimum Gasteiger partial charge on any atom is -0.465 e. The Morgan fingerprint density at radius 1 is 1.05 bits per heavy atom. The summed E-state index contributed by atoms with van der Waals surface area (Å²) in [4.78, 5) is 23.3. The summed E-state index contributed by atoms with van der Waals surface area (Å²) in [6, 6.07) is 13.6. The predicted octanol–water partition coefficient (Wildman–Crippen LogP) is 3.49. The Kier molecular flexibility index (Phi) is 4.53. The zero-order valence-electron chi connectivity index (χ0n) is 10.7. The zero-order chi connectivity index (χ0) is 14.5. The molecule has 0 aliphatic carbocycles. The summed E-state index contributed by atoms with van der Waals surface area (Å²) < 4.78 is 5.49. The molecule has 0 aliphatic rings. The fraction of sp³-hybridized carbons (Fsp3) is 0.0667. The molecule has 0 radical (unpaired) electrons. The number of esters is 1. The number of carbonyl (C=O) groups is 2. The molecular formula is C15H12BrNO3. The molecule has 0 saturated carbocycles. The first-order valence-electron chi connectivity index (χ1n) is 5.85. The van der Waals surface area contributed by atoms with Crippen molar-refractivity contribution in [1.82, 2.24) is 0 Å². The molecule has 0 bridgehead atoms. The lowest BCUT2D eigenvalue weighted by Crippen LogP contribution is -2.12. The highest BCUT2D eigenvalue weighted by atomic mass is 79.9. The molecule has 0 atom stereocenters. The first-order chi connectivity index (χ1) is 9.60. The smallest absolute Gasteiger partial charge is 0.337 e. The standard InChI is InChI=1S/C15H12BrNO3/c1-20-15(19)11-7-5-10(6-8-11)14(18)17-13-4-2-3-12(16)9-13/h2-9H,1H3,(H,17,18). The summed E-state index contributed by atoms with van der Waals surface area (Å²) in [6.07, 6.45) is 0. The average Bonchev–Trinajstić information content (AvgIpc) is 2.46. The molecule has 2 aromatic carbocycles. The molecule has 5 heteroatoms. The maximum absolute atomic E-state index is 12.0. The van der Waals surface area contributed by atoms with Gasteiger partial charge in [0, 0.05) is 15.7 Å². The Balaban J connectivity index is 2.11. The van der Waals surface area contributed by atoms with Crippen LogP contribution < -0.4 is 5.32 Å². The van der Waals surface area contributed by atoms with Crippen molar-refractivity contribution >= 4 is 33.5 Å². The highest BCUT2D eigenvalue weighted by Crippen LogP contribution is 2.16. The van der Waals surface area contributed by atoms with Crippen LogP contribution in [-0.2, 0) is 4.74 Å². The van der Waals surface area contributed by atoms with Crippen LogP contribution in [0.4, 0.5) is 5.69 Å². The molecule has 0 unspecified atom stereocenters. The van der Waals surface area contributed by atoms with Crippen LogP contribution in [0.3, 0.4) is 0 Å². The van der Waals surface area contributed by atoms with E-state index in [9.17, 15) is 9.59 Å². The van der Waals surface area contributed by atoms with Gasteiger partial charge in [0.2, 0.25) is 0 Å². The van der Waals surface area contributed by atoms with Crippen LogP contribution in [0, 0.1) is 0 Å². The van der Waals surface area contributed by atoms with Crippen molar-refractivity contribution in [2.24, 2.45) is 0 Å². The van der Waals surface area contributed by atoms with E-state index in [1.54, 1.807) is 36.4 Å². The molecule has 0 spiro atoms. The number of ether oxygens (including phenoxy) is 1. The normalized spacial score (nSPS) is 9.90. The van der Waals surface area contributed by atoms with Crippen molar-refractivity contribution < 1.29 is 14.3 Å². The van der Waals surface area contributed by atoms with Crippen molar-refractivity contribution in [3.05, 3.63) is 64.1 Å². The minimum absolute atomic E-state index is 0.237. The van der Waals surface area contributed by atoms with Crippen LogP contribution in [0.2, 0.25) is 0 Å². The van der Waals surface area contributed by atoms with Crippen molar-refractivity contribution in [2.75, 3.05) is 12.4 Å². The van der Waals surface area contributed by atoms with Crippen LogP contribution in [0.15, 0.2) is 53.0 Å². The van der Waals surface area contributed by atoms with Crippen LogP contribution in [0.1, 0.15) is 20.7 Å². The van der Waals surface area contributed by atoms with Gasteiger partial charge in [0.05, 0.1) is 12.7 Å². The van der Waals surface area contributed by atoms with E-state index in [1.807, 2.05) is 12.1 Å². The maximum Gasteiger partial charge on any atom is 0.337 e. The zero-order valence-corrected chi connectivity index (χ0v) is 12.3. The molecule has 0 heterocycles. The van der Waals surface area contributed by atoms with Crippen LogP contribution in [0.5, 0.6) is 0 Å². The van der Waals surface area contributed by atoms with E-state index in [1.165, 1.54) is 7.11 Å². The first kappa shape index (κ1) is 14.3. The first-order valence-corrected chi connectivity index (χ1v) is 6.65. The summed E-state index contributed by atoms with van der Waals surface area (Å²) in [7, 11) is 1.32. The number of hydrogen-bond donors (Lipinski definition) is 1. The van der Waals surface area contributed by atoms with Crippen LogP contribution in [-0.4, -0.2) is 19.0 Å². The van der Waals surface area contributed by atoms with Crippen LogP contribution in [0.25, 0.3) is 0 Å². The molecule has 20 heavy (non-hydrogen) atoms. The van der Waals surface area contributed by atoms with Gasteiger partial charge < -0.3 is 10.1 Å². The molecule has 0 saturated heterocycles. The van der Waals surface area contributed by atoms with E-state index < -0.39 is 5.97 Å². The fourth-order valence-corrected chi connectivity index (χ4v) is 2.04. The van der Waals surface area contributed by atoms with E-state index in [0.29, 0.717) is 16.8 Å². The number of rotatable bonds is 3. The van der Waals surface area contributed by atoms with Crippen molar-refractivity contribution in [3.8, 4) is 0 Å². The SMILES string of the molecule is COC(=O)c1ccc(C(=O)Nc2cccc(Br)c2)cc1. The predicted molar refractivity (Wildman–Crippen MR) is 79.9 cm³/mol. The second-order valence-corrected chi connectivity index (χ2v) is 4.95. The third-order valence-corrected chi connectivity index (χ3v) is 3.14. The summed E-state index contributed by atoms with van der Waals surface area (Å²) in [5.74, 6) is -0.663. The monoisotopic (exact) mass is 333 g/mol. The fourth-order valence-electron chi connectivity index (χ4n) is 1.65. The van der Waals surface area contributed by atoms with E-state index in [4.69, 9.17) is 0 Å². The lowest BCUT2D eigenvalue weighted by Gasteiger charge is -2.06. The van der Waals surface area contributed by atoms with Crippen molar-refractivity contribution in [2.45, 2.75) is 0 Å². The van der Waals surface area contributed by atoms with E-state index >= 15 is 0 Å². The number of halogens is 1. The van der Waals surface area contributed by atoms with Crippen molar-refractivity contribution in [1.29, 1.82) is 0 Å². The average molecular weight is 334 g/mol. The molecule has 0 aliphatic heterocycles. The van der Waals surface area contributed by atoms with Crippen molar-refractivity contribution in [3.63, 3.8) is 0 Å². The molecule has 1 N–H and O–H groups in total. The number of carbonyl (C=O) groups excluding carboxylic acids is 2. The summed E-state index contributed by atoms with van der Waals surface area (Å²) in [6.45, 7) is 0. The Labute approximate surface area is 124 Å². The molecule has 0 aromatic heterocycles. The Morgan fingerprint density at radius 3 is 2.30 bits per heavy atom. The van der Waals surface area contributed by atoms with Gasteiger partial charge in [0.25, 0.3) is 5.91 Å². The topological polar surface area (TPSA) is 55.4 Å².